The summed E-state index contributed by atoms with van der Waals surface area (Å²) in [7, 11) is 0. The molecule has 35 heavy (non-hydrogen) atoms. The number of aliphatic imine (C=N–C) groups is 1. The number of allylic oxidation sites excluding steroid dienone is 5. The molecular weight excluding hydrogens is 452 g/mol. The Kier molecular flexibility index (Phi) is 8.55. The number of hydrogen-bond acceptors (Lipinski definition) is 6. The van der Waals surface area contributed by atoms with Crippen molar-refractivity contribution in [1.29, 1.82) is 5.41 Å². The fourth-order valence-corrected chi connectivity index (χ4v) is 7.09. The maximum Gasteiger partial charge on any atom is 0.181 e. The third-order valence-electron chi connectivity index (χ3n) is 7.91. The second kappa shape index (κ2) is 11.6. The van der Waals surface area contributed by atoms with Crippen molar-refractivity contribution < 1.29 is 4.79 Å². The summed E-state index contributed by atoms with van der Waals surface area (Å²) < 4.78 is 0. The van der Waals surface area contributed by atoms with Crippen molar-refractivity contribution in [3.8, 4) is 0 Å². The Balaban J connectivity index is 1.32. The molecule has 188 valence electrons. The predicted molar refractivity (Wildman–Crippen MR) is 147 cm³/mol. The summed E-state index contributed by atoms with van der Waals surface area (Å²) in [5.74, 6) is 8.29. The average molecular weight is 493 g/mol. The van der Waals surface area contributed by atoms with Crippen LogP contribution < -0.4 is 11.3 Å². The summed E-state index contributed by atoms with van der Waals surface area (Å²) in [4.78, 5) is 20.0. The third-order valence-corrected chi connectivity index (χ3v) is 9.15. The van der Waals surface area contributed by atoms with Crippen molar-refractivity contribution in [3.05, 3.63) is 57.0 Å². The van der Waals surface area contributed by atoms with E-state index in [9.17, 15) is 4.79 Å². The minimum Gasteiger partial charge on any atom is -0.312 e. The summed E-state index contributed by atoms with van der Waals surface area (Å²) in [6.45, 7) is 6.28. The molecule has 0 aromatic carbocycles. The predicted octanol–water partition coefficient (Wildman–Crippen LogP) is 6.63. The number of thiophene rings is 1. The van der Waals surface area contributed by atoms with Crippen LogP contribution in [0.15, 0.2) is 52.2 Å². The van der Waals surface area contributed by atoms with Gasteiger partial charge in [0.05, 0.1) is 0 Å². The minimum atomic E-state index is 0.0954. The summed E-state index contributed by atoms with van der Waals surface area (Å²) in [6.07, 6.45) is 15.9. The van der Waals surface area contributed by atoms with Crippen LogP contribution >= 0.6 is 11.3 Å². The molecule has 2 aliphatic carbocycles. The van der Waals surface area contributed by atoms with Crippen molar-refractivity contribution in [3.63, 3.8) is 0 Å². The fourth-order valence-electron chi connectivity index (χ4n) is 5.88. The van der Waals surface area contributed by atoms with Gasteiger partial charge in [-0.15, -0.1) is 11.3 Å². The summed E-state index contributed by atoms with van der Waals surface area (Å²) in [6, 6.07) is 4.67. The highest BCUT2D eigenvalue weighted by Gasteiger charge is 2.26. The number of nitrogens with zero attached hydrogens (tertiary/aromatic N) is 1. The average Bonchev–Trinajstić information content (AvgIpc) is 3.50. The Labute approximate surface area is 214 Å². The van der Waals surface area contributed by atoms with E-state index < -0.39 is 0 Å². The largest absolute Gasteiger partial charge is 0.312 e. The van der Waals surface area contributed by atoms with Gasteiger partial charge >= 0.3 is 0 Å². The summed E-state index contributed by atoms with van der Waals surface area (Å²) in [5.41, 5.74) is 6.61. The van der Waals surface area contributed by atoms with Crippen LogP contribution in [-0.2, 0) is 11.2 Å². The monoisotopic (exact) mass is 492 g/mol. The molecule has 1 aromatic heterocycles. The molecule has 4 rings (SSSR count). The van der Waals surface area contributed by atoms with E-state index in [4.69, 9.17) is 11.3 Å². The SMILES string of the molecule is CC(=N)CC1CCC(Cc2ccc(C3C=CC(C)=C(C(C)CC(=O)C4=CCC(NN)=N4)C3)s2)CC1. The van der Waals surface area contributed by atoms with E-state index in [2.05, 4.69) is 48.6 Å². The molecule has 0 saturated heterocycles. The van der Waals surface area contributed by atoms with Gasteiger partial charge in [-0.2, -0.15) is 0 Å². The second-order valence-electron chi connectivity index (χ2n) is 10.8. The number of nitrogens with one attached hydrogen (secondary N) is 2. The van der Waals surface area contributed by atoms with E-state index in [1.807, 2.05) is 24.3 Å². The van der Waals surface area contributed by atoms with Crippen LogP contribution in [0.3, 0.4) is 0 Å². The maximum atomic E-state index is 12.8. The highest BCUT2D eigenvalue weighted by Crippen LogP contribution is 2.40. The van der Waals surface area contributed by atoms with Crippen molar-refractivity contribution in [1.82, 2.24) is 5.43 Å². The van der Waals surface area contributed by atoms with Crippen LogP contribution in [0.4, 0.5) is 0 Å². The van der Waals surface area contributed by atoms with E-state index in [0.29, 0.717) is 30.3 Å². The van der Waals surface area contributed by atoms with E-state index >= 15 is 0 Å². The molecule has 2 heterocycles. The first-order valence-corrected chi connectivity index (χ1v) is 13.9. The van der Waals surface area contributed by atoms with E-state index in [1.54, 1.807) is 0 Å². The van der Waals surface area contributed by atoms with E-state index in [1.165, 1.54) is 53.0 Å². The number of hydrogen-bond donors (Lipinski definition) is 3. The van der Waals surface area contributed by atoms with Gasteiger partial charge < -0.3 is 10.8 Å². The van der Waals surface area contributed by atoms with Crippen LogP contribution in [0.5, 0.6) is 0 Å². The molecule has 1 fully saturated rings. The summed E-state index contributed by atoms with van der Waals surface area (Å²) >= 11 is 1.98. The lowest BCUT2D eigenvalue weighted by molar-refractivity contribution is -0.116. The molecule has 1 aliphatic heterocycles. The Morgan fingerprint density at radius 3 is 2.69 bits per heavy atom. The molecule has 3 aliphatic rings. The molecule has 2 atom stereocenters. The lowest BCUT2D eigenvalue weighted by atomic mass is 9.78. The molecule has 2 unspecified atom stereocenters. The van der Waals surface area contributed by atoms with Crippen LogP contribution in [0, 0.1) is 23.2 Å². The lowest BCUT2D eigenvalue weighted by Gasteiger charge is -2.28. The Hall–Kier alpha value is -2.31. The second-order valence-corrected chi connectivity index (χ2v) is 12.0. The van der Waals surface area contributed by atoms with Gasteiger partial charge in [0.2, 0.25) is 0 Å². The van der Waals surface area contributed by atoms with Crippen LogP contribution in [0.2, 0.25) is 0 Å². The van der Waals surface area contributed by atoms with E-state index in [0.717, 1.165) is 30.4 Å². The van der Waals surface area contributed by atoms with Gasteiger partial charge in [0, 0.05) is 34.2 Å². The Bertz CT molecular complexity index is 1070. The van der Waals surface area contributed by atoms with Gasteiger partial charge in [0.25, 0.3) is 0 Å². The zero-order chi connectivity index (χ0) is 24.9. The first-order valence-electron chi connectivity index (χ1n) is 13.1. The maximum absolute atomic E-state index is 12.8. The standard InChI is InChI=1S/C29H40N4OS/c1-18-4-9-23(17-25(18)19(2)14-27(34)26-11-13-29(32-26)33-31)28-12-10-24(35-28)16-22-7-5-21(6-8-22)15-20(3)30/h4,9-12,19,21-23,30H,5-8,13-17,31H2,1-3H3,(H,32,33). The zero-order valence-electron chi connectivity index (χ0n) is 21.4. The van der Waals surface area contributed by atoms with Gasteiger partial charge in [-0.05, 0) is 94.8 Å². The minimum absolute atomic E-state index is 0.0954. The lowest BCUT2D eigenvalue weighted by Crippen LogP contribution is -2.28. The van der Waals surface area contributed by atoms with Gasteiger partial charge in [0.15, 0.2) is 5.78 Å². The van der Waals surface area contributed by atoms with Gasteiger partial charge in [-0.3, -0.25) is 4.79 Å². The normalized spacial score (nSPS) is 25.3. The van der Waals surface area contributed by atoms with E-state index in [-0.39, 0.29) is 11.7 Å². The molecular formula is C29H40N4OS. The van der Waals surface area contributed by atoms with Crippen LogP contribution in [0.1, 0.15) is 87.8 Å². The number of ketones is 1. The molecule has 0 spiro atoms. The highest BCUT2D eigenvalue weighted by molar-refractivity contribution is 7.12. The molecule has 1 aromatic rings. The number of Topliss-reactive ketones (excluding diaryl/α,β-unsaturated/α-hetero) is 1. The molecule has 6 heteroatoms. The summed E-state index contributed by atoms with van der Waals surface area (Å²) in [5, 5.41) is 7.76. The van der Waals surface area contributed by atoms with Crippen LogP contribution in [0.25, 0.3) is 0 Å². The fraction of sp³-hybridized carbons (Fsp3) is 0.552. The number of amidine groups is 1. The van der Waals surface area contributed by atoms with Crippen molar-refractivity contribution in [2.24, 2.45) is 28.6 Å². The smallest absolute Gasteiger partial charge is 0.181 e. The number of carbonyl (C=O) groups excluding carboxylic acids is 1. The first kappa shape index (κ1) is 25.8. The zero-order valence-corrected chi connectivity index (χ0v) is 22.2. The number of rotatable bonds is 9. The highest BCUT2D eigenvalue weighted by atomic mass is 32.1. The van der Waals surface area contributed by atoms with Gasteiger partial charge in [-0.25, -0.2) is 10.8 Å². The quantitative estimate of drug-likeness (QED) is 0.205. The van der Waals surface area contributed by atoms with Crippen molar-refractivity contribution >= 4 is 28.7 Å². The van der Waals surface area contributed by atoms with Crippen LogP contribution in [-0.4, -0.2) is 17.3 Å². The number of hydrazine groups is 1. The Morgan fingerprint density at radius 1 is 1.26 bits per heavy atom. The third kappa shape index (κ3) is 6.68. The first-order chi connectivity index (χ1) is 16.8. The number of carbonyl (C=O) groups is 1. The molecule has 5 nitrogen and oxygen atoms in total. The molecule has 1 saturated carbocycles. The van der Waals surface area contributed by atoms with Gasteiger partial charge in [0.1, 0.15) is 11.5 Å². The van der Waals surface area contributed by atoms with Crippen molar-refractivity contribution in [2.75, 3.05) is 0 Å². The van der Waals surface area contributed by atoms with Gasteiger partial charge in [-0.1, -0.05) is 30.2 Å². The topological polar surface area (TPSA) is 91.3 Å². The molecule has 0 radical (unpaired) electrons. The van der Waals surface area contributed by atoms with Crippen molar-refractivity contribution in [2.45, 2.75) is 84.5 Å². The molecule has 0 amide bonds. The number of nitrogens with two attached hydrogens (primary N) is 1. The molecule has 0 bridgehead atoms. The Morgan fingerprint density at radius 2 is 2.00 bits per heavy atom. The molecule has 4 N–H and O–H groups in total.